The van der Waals surface area contributed by atoms with E-state index in [4.69, 9.17) is 9.15 Å². The van der Waals surface area contributed by atoms with E-state index in [1.165, 1.54) is 0 Å². The van der Waals surface area contributed by atoms with Crippen molar-refractivity contribution in [3.05, 3.63) is 63.9 Å². The molecule has 1 aliphatic heterocycles. The first kappa shape index (κ1) is 20.3. The van der Waals surface area contributed by atoms with Crippen LogP contribution in [0.3, 0.4) is 0 Å². The number of esters is 2. The molecule has 1 fully saturated rings. The number of aryl methyl sites for hydroxylation is 1. The van der Waals surface area contributed by atoms with Gasteiger partial charge in [0, 0.05) is 25.9 Å². The fourth-order valence-corrected chi connectivity index (χ4v) is 3.19. The molecule has 0 aliphatic carbocycles. The molecule has 6 heteroatoms. The Hall–Kier alpha value is -3.41. The molecule has 1 aromatic heterocycles. The van der Waals surface area contributed by atoms with Gasteiger partial charge in [0.2, 0.25) is 5.89 Å². The Morgan fingerprint density at radius 2 is 1.59 bits per heavy atom. The summed E-state index contributed by atoms with van der Waals surface area (Å²) in [5, 5.41) is 0. The van der Waals surface area contributed by atoms with Gasteiger partial charge in [-0.3, -0.25) is 0 Å². The zero-order chi connectivity index (χ0) is 21.3. The fourth-order valence-electron chi connectivity index (χ4n) is 3.19. The van der Waals surface area contributed by atoms with Gasteiger partial charge in [-0.2, -0.15) is 0 Å². The first-order chi connectivity index (χ1) is 13.7. The average molecular weight is 392 g/mol. The Labute approximate surface area is 170 Å². The number of benzene rings is 1. The number of hydrogen-bond donors (Lipinski definition) is 0. The summed E-state index contributed by atoms with van der Waals surface area (Å²) >= 11 is 0. The topological polar surface area (TPSA) is 72.6 Å². The van der Waals surface area contributed by atoms with E-state index in [1.807, 2.05) is 49.3 Å². The molecule has 0 spiro atoms. The molecule has 0 amide bonds. The number of ether oxygens (including phenoxy) is 1. The van der Waals surface area contributed by atoms with E-state index in [0.29, 0.717) is 28.5 Å². The molecule has 0 bridgehead atoms. The monoisotopic (exact) mass is 392 g/mol. The minimum Gasteiger partial charge on any atom is -0.441 e. The Morgan fingerprint density at radius 3 is 2.17 bits per heavy atom. The second-order valence-corrected chi connectivity index (χ2v) is 7.33. The van der Waals surface area contributed by atoms with Gasteiger partial charge < -0.3 is 14.1 Å². The predicted molar refractivity (Wildman–Crippen MR) is 113 cm³/mol. The summed E-state index contributed by atoms with van der Waals surface area (Å²) < 4.78 is 10.5. The average Bonchev–Trinajstić information content (AvgIpc) is 3.18. The van der Waals surface area contributed by atoms with Crippen LogP contribution in [0, 0.1) is 6.92 Å². The number of allylic oxidation sites excluding steroid dienone is 2. The van der Waals surface area contributed by atoms with Crippen molar-refractivity contribution in [2.45, 2.75) is 27.7 Å². The van der Waals surface area contributed by atoms with Crippen LogP contribution in [0.25, 0.3) is 17.7 Å². The second kappa shape index (κ2) is 7.91. The predicted octanol–water partition coefficient (Wildman–Crippen LogP) is 4.41. The van der Waals surface area contributed by atoms with E-state index in [1.54, 1.807) is 33.8 Å². The minimum absolute atomic E-state index is 0.251. The van der Waals surface area contributed by atoms with Gasteiger partial charge >= 0.3 is 11.9 Å². The SMILES string of the molecule is CC(C)=C1C(=O)OC(=O)/C1=C(/C)c1nc(/C=C/c2ccc(N(C)C)cc2)oc1C. The lowest BCUT2D eigenvalue weighted by Gasteiger charge is -2.11. The summed E-state index contributed by atoms with van der Waals surface area (Å²) in [4.78, 5) is 30.7. The Morgan fingerprint density at radius 1 is 0.966 bits per heavy atom. The molecular formula is C23H24N2O4. The van der Waals surface area contributed by atoms with Crippen LogP contribution >= 0.6 is 0 Å². The fraction of sp³-hybridized carbons (Fsp3) is 0.261. The van der Waals surface area contributed by atoms with Crippen molar-refractivity contribution in [1.82, 2.24) is 4.98 Å². The number of oxazole rings is 1. The van der Waals surface area contributed by atoms with Crippen LogP contribution in [0.1, 0.15) is 43.7 Å². The highest BCUT2D eigenvalue weighted by Crippen LogP contribution is 2.33. The van der Waals surface area contributed by atoms with Crippen LogP contribution in [-0.2, 0) is 14.3 Å². The summed E-state index contributed by atoms with van der Waals surface area (Å²) in [6.45, 7) is 7.07. The molecule has 1 aromatic carbocycles. The van der Waals surface area contributed by atoms with Gasteiger partial charge in [-0.25, -0.2) is 14.6 Å². The Balaban J connectivity index is 1.93. The molecule has 1 saturated heterocycles. The molecule has 3 rings (SSSR count). The zero-order valence-corrected chi connectivity index (χ0v) is 17.5. The number of rotatable bonds is 4. The second-order valence-electron chi connectivity index (χ2n) is 7.33. The third-order valence-electron chi connectivity index (χ3n) is 4.71. The van der Waals surface area contributed by atoms with Crippen LogP contribution in [0.5, 0.6) is 0 Å². The Bertz CT molecular complexity index is 1060. The molecule has 2 heterocycles. The lowest BCUT2D eigenvalue weighted by atomic mass is 9.97. The van der Waals surface area contributed by atoms with Crippen LogP contribution in [0.2, 0.25) is 0 Å². The van der Waals surface area contributed by atoms with Crippen molar-refractivity contribution < 1.29 is 18.7 Å². The number of carbonyl (C=O) groups is 2. The molecule has 0 radical (unpaired) electrons. The number of anilines is 1. The van der Waals surface area contributed by atoms with Crippen molar-refractivity contribution in [3.8, 4) is 0 Å². The third kappa shape index (κ3) is 4.06. The highest BCUT2D eigenvalue weighted by Gasteiger charge is 2.36. The van der Waals surface area contributed by atoms with Crippen molar-refractivity contribution in [2.24, 2.45) is 0 Å². The molecule has 2 aromatic rings. The highest BCUT2D eigenvalue weighted by molar-refractivity contribution is 6.22. The lowest BCUT2D eigenvalue weighted by molar-refractivity contribution is -0.149. The van der Waals surface area contributed by atoms with Crippen LogP contribution in [-0.4, -0.2) is 31.0 Å². The molecule has 0 atom stereocenters. The van der Waals surface area contributed by atoms with Crippen LogP contribution < -0.4 is 4.90 Å². The van der Waals surface area contributed by atoms with Gasteiger partial charge in [-0.05, 0) is 57.0 Å². The molecule has 29 heavy (non-hydrogen) atoms. The normalized spacial score (nSPS) is 15.9. The number of aromatic nitrogens is 1. The smallest absolute Gasteiger partial charge is 0.347 e. The van der Waals surface area contributed by atoms with Gasteiger partial charge in [0.15, 0.2) is 0 Å². The first-order valence-electron chi connectivity index (χ1n) is 9.27. The minimum atomic E-state index is -0.649. The van der Waals surface area contributed by atoms with E-state index in [9.17, 15) is 9.59 Å². The summed E-state index contributed by atoms with van der Waals surface area (Å²) in [5.74, 6) is -0.278. The van der Waals surface area contributed by atoms with Gasteiger partial charge in [-0.15, -0.1) is 0 Å². The lowest BCUT2D eigenvalue weighted by Crippen LogP contribution is -2.07. The van der Waals surface area contributed by atoms with Crippen molar-refractivity contribution >= 4 is 35.4 Å². The molecule has 150 valence electrons. The summed E-state index contributed by atoms with van der Waals surface area (Å²) in [6, 6.07) is 8.09. The maximum absolute atomic E-state index is 12.2. The van der Waals surface area contributed by atoms with E-state index in [0.717, 1.165) is 16.8 Å². The first-order valence-corrected chi connectivity index (χ1v) is 9.27. The van der Waals surface area contributed by atoms with Gasteiger partial charge in [-0.1, -0.05) is 17.7 Å². The van der Waals surface area contributed by atoms with Crippen molar-refractivity contribution in [1.29, 1.82) is 0 Å². The number of carbonyl (C=O) groups excluding carboxylic acids is 2. The molecule has 1 aliphatic rings. The maximum Gasteiger partial charge on any atom is 0.347 e. The largest absolute Gasteiger partial charge is 0.441 e. The molecule has 0 saturated carbocycles. The zero-order valence-electron chi connectivity index (χ0n) is 17.5. The molecule has 0 unspecified atom stereocenters. The van der Waals surface area contributed by atoms with Crippen molar-refractivity contribution in [3.63, 3.8) is 0 Å². The number of cyclic esters (lactones) is 2. The molecule has 6 nitrogen and oxygen atoms in total. The quantitative estimate of drug-likeness (QED) is 0.436. The van der Waals surface area contributed by atoms with Crippen LogP contribution in [0.15, 0.2) is 45.4 Å². The van der Waals surface area contributed by atoms with Gasteiger partial charge in [0.05, 0.1) is 11.1 Å². The number of nitrogens with zero attached hydrogens (tertiary/aromatic N) is 2. The van der Waals surface area contributed by atoms with E-state index >= 15 is 0 Å². The maximum atomic E-state index is 12.2. The standard InChI is InChI=1S/C23H24N2O4/c1-13(2)19-20(23(27)29-22(19)26)14(3)21-15(4)28-18(24-21)12-9-16-7-10-17(11-8-16)25(5)6/h7-12H,1-6H3/b12-9+,20-14-. The van der Waals surface area contributed by atoms with E-state index < -0.39 is 11.9 Å². The summed E-state index contributed by atoms with van der Waals surface area (Å²) in [6.07, 6.45) is 3.69. The van der Waals surface area contributed by atoms with Gasteiger partial charge in [0.1, 0.15) is 11.5 Å². The van der Waals surface area contributed by atoms with Gasteiger partial charge in [0.25, 0.3) is 0 Å². The third-order valence-corrected chi connectivity index (χ3v) is 4.71. The van der Waals surface area contributed by atoms with E-state index in [2.05, 4.69) is 4.98 Å². The summed E-state index contributed by atoms with van der Waals surface area (Å²) in [7, 11) is 3.99. The van der Waals surface area contributed by atoms with E-state index in [-0.39, 0.29) is 5.57 Å². The van der Waals surface area contributed by atoms with Crippen molar-refractivity contribution in [2.75, 3.05) is 19.0 Å². The highest BCUT2D eigenvalue weighted by atomic mass is 16.6. The van der Waals surface area contributed by atoms with Crippen LogP contribution in [0.4, 0.5) is 5.69 Å². The molecule has 0 N–H and O–H groups in total. The number of hydrogen-bond acceptors (Lipinski definition) is 6. The summed E-state index contributed by atoms with van der Waals surface area (Å²) in [5.41, 5.74) is 4.50. The Kier molecular flexibility index (Phi) is 5.55. The molecular weight excluding hydrogens is 368 g/mol.